The van der Waals surface area contributed by atoms with Crippen LogP contribution >= 0.6 is 114 Å². The summed E-state index contributed by atoms with van der Waals surface area (Å²) in [5.41, 5.74) is 15.7. The fourth-order valence-corrected chi connectivity index (χ4v) is 15.7. The van der Waals surface area contributed by atoms with Crippen molar-refractivity contribution in [3.8, 4) is 51.7 Å². The Morgan fingerprint density at radius 3 is 1.52 bits per heavy atom. The first-order valence-electron chi connectivity index (χ1n) is 35.7. The molecule has 0 saturated carbocycles. The lowest BCUT2D eigenvalue weighted by molar-refractivity contribution is -0.137. The predicted molar refractivity (Wildman–Crippen MR) is 477 cm³/mol. The van der Waals surface area contributed by atoms with Gasteiger partial charge in [-0.2, -0.15) is 13.2 Å². The normalized spacial score (nSPS) is 10.9. The molecule has 0 aliphatic carbocycles. The molecule has 0 bridgehead atoms. The summed E-state index contributed by atoms with van der Waals surface area (Å²) in [5, 5.41) is 44.6. The summed E-state index contributed by atoms with van der Waals surface area (Å²) in [4.78, 5) is 24.8. The minimum atomic E-state index is -4.32. The maximum absolute atomic E-state index is 12.5. The molecule has 25 heteroatoms. The standard InChI is InChI=1S/C25H28O3.C22H19Cl3O3.C16H12Br2F3NO.C14H11Br2NO2.C14H13BrN2O/c1-16-6-8-23(26)19(10-16)14-21-12-18(3)13-22(25(21)28-5)15-20-11-17(2)7-9-24(20)27-4;1-27-21-6-4-18(24)10-14(21)8-16-12-19(25)11-15(22(16)28-2)7-13-9-17(23)3-5-20(13)26;1-23-15-11(6-13(17)7-14(15)18)9-22-8-10-2-4-12(5-3-10)16(19,20)21;15-10-6-11(13(18)12(16)7-10)14(19)17-8-9-4-2-1-3-5-9;1-10-6-14(18)11(7-13(10)15)8-16-9-12-4-2-3-5-17-12/h6-13,26H,14-15H2,1-5H3;3-6,9-12,26H,7-8H2,1-2H3;2-7,9H,8H2,1H3;1-7,18H,8H2,(H,17,19);2-8,18H,9H2,1H3. The number of aromatic nitrogens is 1. The summed E-state index contributed by atoms with van der Waals surface area (Å²) >= 11 is 35.3. The maximum Gasteiger partial charge on any atom is 0.416 e. The van der Waals surface area contributed by atoms with Crippen molar-refractivity contribution in [3.05, 3.63) is 356 Å². The smallest absolute Gasteiger partial charge is 0.416 e. The van der Waals surface area contributed by atoms with E-state index in [2.05, 4.69) is 138 Å². The number of amides is 1. The highest BCUT2D eigenvalue weighted by molar-refractivity contribution is 9.11. The van der Waals surface area contributed by atoms with Crippen LogP contribution in [0.25, 0.3) is 0 Å². The van der Waals surface area contributed by atoms with Crippen molar-refractivity contribution in [1.29, 1.82) is 0 Å². The monoisotopic (exact) mass is 1950 g/mol. The van der Waals surface area contributed by atoms with Gasteiger partial charge in [-0.1, -0.05) is 184 Å². The van der Waals surface area contributed by atoms with Crippen molar-refractivity contribution < 1.29 is 62.1 Å². The Kier molecular flexibility index (Phi) is 35.6. The molecule has 14 nitrogen and oxygen atoms in total. The van der Waals surface area contributed by atoms with Crippen LogP contribution < -0.4 is 29.0 Å². The number of halogens is 11. The molecule has 12 aromatic rings. The van der Waals surface area contributed by atoms with Gasteiger partial charge in [-0.3, -0.25) is 19.8 Å². The molecule has 0 radical (unpaired) electrons. The van der Waals surface area contributed by atoms with E-state index in [1.54, 1.807) is 103 Å². The van der Waals surface area contributed by atoms with Gasteiger partial charge in [0.15, 0.2) is 0 Å². The van der Waals surface area contributed by atoms with Gasteiger partial charge >= 0.3 is 6.18 Å². The van der Waals surface area contributed by atoms with E-state index in [0.29, 0.717) is 85.8 Å². The number of phenols is 4. The molecule has 1 aromatic heterocycles. The second-order valence-electron chi connectivity index (χ2n) is 26.3. The van der Waals surface area contributed by atoms with E-state index in [1.165, 1.54) is 23.3 Å². The van der Waals surface area contributed by atoms with Crippen LogP contribution in [0.4, 0.5) is 13.2 Å². The van der Waals surface area contributed by atoms with Gasteiger partial charge < -0.3 is 49.4 Å². The van der Waals surface area contributed by atoms with Crippen LogP contribution in [0.2, 0.25) is 15.1 Å². The van der Waals surface area contributed by atoms with Gasteiger partial charge in [0.2, 0.25) is 0 Å². The van der Waals surface area contributed by atoms with Crippen molar-refractivity contribution >= 4 is 133 Å². The molecule has 5 N–H and O–H groups in total. The quantitative estimate of drug-likeness (QED) is 0.0405. The van der Waals surface area contributed by atoms with E-state index in [9.17, 15) is 38.4 Å². The van der Waals surface area contributed by atoms with Crippen molar-refractivity contribution in [2.24, 2.45) is 9.98 Å². The number of carbonyl (C=O) groups excluding carboxylic acids is 1. The lowest BCUT2D eigenvalue weighted by atomic mass is 9.94. The lowest BCUT2D eigenvalue weighted by Gasteiger charge is -2.17. The van der Waals surface area contributed by atoms with Gasteiger partial charge in [0.05, 0.1) is 74.4 Å². The first-order valence-corrected chi connectivity index (χ1v) is 40.8. The molecule has 0 atom stereocenters. The number of alkyl halides is 3. The molecule has 12 rings (SSSR count). The second-order valence-corrected chi connectivity index (χ2v) is 32.0. The number of methoxy groups -OCH3 is 5. The number of aryl methyl sites for hydroxylation is 4. The highest BCUT2D eigenvalue weighted by Crippen LogP contribution is 2.40. The summed E-state index contributed by atoms with van der Waals surface area (Å²) in [7, 11) is 8.20. The van der Waals surface area contributed by atoms with Crippen LogP contribution in [0.1, 0.15) is 111 Å². The third-order valence-corrected chi connectivity index (χ3v) is 21.2. The van der Waals surface area contributed by atoms with Gasteiger partial charge in [0.25, 0.3) is 5.91 Å². The number of aromatic hydroxyl groups is 4. The number of ether oxygens (including phenoxy) is 5. The summed E-state index contributed by atoms with van der Waals surface area (Å²) in [6.45, 7) is 9.35. The number of hydrogen-bond acceptors (Lipinski definition) is 13. The Labute approximate surface area is 731 Å². The Bertz CT molecular complexity index is 5260. The van der Waals surface area contributed by atoms with E-state index >= 15 is 0 Å². The van der Waals surface area contributed by atoms with Crippen LogP contribution in [0.3, 0.4) is 0 Å². The van der Waals surface area contributed by atoms with Gasteiger partial charge in [-0.25, -0.2) is 0 Å². The average Bonchev–Trinajstić information content (AvgIpc) is 0.804. The molecule has 0 aliphatic rings. The highest BCUT2D eigenvalue weighted by atomic mass is 79.9. The molecule has 0 aliphatic heterocycles. The molecule has 604 valence electrons. The van der Waals surface area contributed by atoms with Crippen molar-refractivity contribution in [2.75, 3.05) is 35.5 Å². The molecule has 1 heterocycles. The Morgan fingerprint density at radius 2 is 0.931 bits per heavy atom. The lowest BCUT2D eigenvalue weighted by Crippen LogP contribution is -2.22. The van der Waals surface area contributed by atoms with Crippen molar-refractivity contribution in [1.82, 2.24) is 10.3 Å². The average molecular weight is 1960 g/mol. The number of phenolic OH excluding ortho intramolecular Hbond substituents is 4. The molecule has 1 amide bonds. The van der Waals surface area contributed by atoms with Crippen LogP contribution in [0.5, 0.6) is 51.7 Å². The Hall–Kier alpha value is -9.36. The first kappa shape index (κ1) is 92.2. The van der Waals surface area contributed by atoms with Gasteiger partial charge in [-0.15, -0.1) is 0 Å². The molecule has 11 aromatic carbocycles. The number of benzene rings is 11. The van der Waals surface area contributed by atoms with Crippen molar-refractivity contribution in [3.63, 3.8) is 0 Å². The van der Waals surface area contributed by atoms with E-state index in [1.807, 2.05) is 123 Å². The molecule has 0 fully saturated rings. The summed E-state index contributed by atoms with van der Waals surface area (Å²) in [5.74, 6) is 4.18. The molecule has 116 heavy (non-hydrogen) atoms. The minimum absolute atomic E-state index is 0.0613. The Balaban J connectivity index is 0.000000183. The van der Waals surface area contributed by atoms with E-state index in [0.717, 1.165) is 121 Å². The fourth-order valence-electron chi connectivity index (χ4n) is 12.1. The number of pyridine rings is 1. The number of carbonyl (C=O) groups is 1. The highest BCUT2D eigenvalue weighted by Gasteiger charge is 2.30. The van der Waals surface area contributed by atoms with Crippen LogP contribution in [0.15, 0.2) is 245 Å². The SMILES string of the molecule is COc1c(Br)cc(Br)cc1C=NCc1ccc(C(F)(F)F)cc1.COc1ccc(C)cc1Cc1cc(C)cc(Cc2cc(C)ccc2O)c1OC.COc1ccc(Cl)cc1Cc1cc(Cl)cc(Cc2cc(Cl)ccc2O)c1OC.Cc1cc(O)c(C=NCc2ccccn2)cc1Br.O=C(NCc1ccccc1)c1cc(Br)cc(Br)c1O. The number of hydrogen-bond donors (Lipinski definition) is 5. The molecule has 0 spiro atoms. The van der Waals surface area contributed by atoms with Gasteiger partial charge in [0.1, 0.15) is 51.7 Å². The first-order chi connectivity index (χ1) is 55.4. The number of rotatable bonds is 22. The van der Waals surface area contributed by atoms with Crippen LogP contribution in [-0.4, -0.2) is 79.3 Å². The topological polar surface area (TPSA) is 194 Å². The third kappa shape index (κ3) is 27.6. The molecular weight excluding hydrogens is 1870 g/mol. The third-order valence-electron chi connectivity index (χ3n) is 17.6. The van der Waals surface area contributed by atoms with Gasteiger partial charge in [0, 0.05) is 107 Å². The van der Waals surface area contributed by atoms with Gasteiger partial charge in [-0.05, 0) is 225 Å². The van der Waals surface area contributed by atoms with E-state index in [4.69, 9.17) is 58.5 Å². The molecular formula is C91H83Br5Cl3F3N4O10. The Morgan fingerprint density at radius 1 is 0.448 bits per heavy atom. The van der Waals surface area contributed by atoms with E-state index < -0.39 is 11.7 Å². The largest absolute Gasteiger partial charge is 0.508 e. The summed E-state index contributed by atoms with van der Waals surface area (Å²) < 4.78 is 69.1. The minimum Gasteiger partial charge on any atom is -0.508 e. The van der Waals surface area contributed by atoms with Crippen LogP contribution in [-0.2, 0) is 51.5 Å². The fraction of sp³-hybridized carbons (Fsp3) is 0.187. The van der Waals surface area contributed by atoms with Crippen LogP contribution in [0, 0.1) is 27.7 Å². The zero-order valence-electron chi connectivity index (χ0n) is 64.5. The summed E-state index contributed by atoms with van der Waals surface area (Å²) in [6.07, 6.45) is 3.01. The molecule has 0 saturated heterocycles. The summed E-state index contributed by atoms with van der Waals surface area (Å²) in [6, 6.07) is 61.2. The number of nitrogens with zero attached hydrogens (tertiary/aromatic N) is 3. The zero-order valence-corrected chi connectivity index (χ0v) is 74.7. The van der Waals surface area contributed by atoms with E-state index in [-0.39, 0.29) is 35.3 Å². The molecule has 0 unspecified atom stereocenters. The number of nitrogens with one attached hydrogen (secondary N) is 1. The second kappa shape index (κ2) is 44.8. The predicted octanol–water partition coefficient (Wildman–Crippen LogP) is 25.2. The number of aliphatic imine (C=N–C) groups is 2. The van der Waals surface area contributed by atoms with Crippen molar-refractivity contribution in [2.45, 2.75) is 79.2 Å². The zero-order chi connectivity index (χ0) is 84.3. The maximum atomic E-state index is 12.5.